The van der Waals surface area contributed by atoms with E-state index in [2.05, 4.69) is 56.6 Å². The van der Waals surface area contributed by atoms with E-state index in [9.17, 15) is 9.90 Å². The highest BCUT2D eigenvalue weighted by atomic mass is 16.4. The van der Waals surface area contributed by atoms with Crippen molar-refractivity contribution in [2.45, 2.75) is 77.4 Å². The highest BCUT2D eigenvalue weighted by molar-refractivity contribution is 6.03. The first-order valence-corrected chi connectivity index (χ1v) is 14.6. The molecule has 0 aromatic carbocycles. The molecule has 2 aliphatic carbocycles. The van der Waals surface area contributed by atoms with Gasteiger partial charge in [-0.2, -0.15) is 4.98 Å². The molecule has 2 saturated carbocycles. The molecular weight excluding hydrogens is 518 g/mol. The van der Waals surface area contributed by atoms with Gasteiger partial charge in [-0.3, -0.25) is 15.7 Å². The molecule has 1 unspecified atom stereocenters. The summed E-state index contributed by atoms with van der Waals surface area (Å²) in [5.41, 5.74) is 2.14. The zero-order valence-corrected chi connectivity index (χ0v) is 24.2. The Labute approximate surface area is 241 Å². The zero-order valence-electron chi connectivity index (χ0n) is 24.2. The summed E-state index contributed by atoms with van der Waals surface area (Å²) >= 11 is 0. The molecule has 0 spiro atoms. The average Bonchev–Trinajstić information content (AvgIpc) is 3.30. The summed E-state index contributed by atoms with van der Waals surface area (Å²) in [6.07, 6.45) is 10.5. The number of carboxylic acid groups (broad SMARTS) is 1. The third-order valence-corrected chi connectivity index (χ3v) is 8.94. The van der Waals surface area contributed by atoms with E-state index in [1.165, 1.54) is 6.42 Å². The van der Waals surface area contributed by atoms with Crippen LogP contribution in [0.4, 0.5) is 16.6 Å². The molecule has 41 heavy (non-hydrogen) atoms. The predicted molar refractivity (Wildman–Crippen MR) is 160 cm³/mol. The molecule has 0 saturated heterocycles. The molecular formula is C30H41N9O2. The van der Waals surface area contributed by atoms with Crippen molar-refractivity contribution in [3.63, 3.8) is 0 Å². The van der Waals surface area contributed by atoms with E-state index < -0.39 is 6.09 Å². The molecule has 1 amide bonds. The van der Waals surface area contributed by atoms with E-state index in [-0.39, 0.29) is 23.7 Å². The maximum atomic E-state index is 11.3. The van der Waals surface area contributed by atoms with Crippen LogP contribution in [0.2, 0.25) is 0 Å². The first kappa shape index (κ1) is 28.5. The molecule has 218 valence electrons. The number of pyridine rings is 1. The average molecular weight is 560 g/mol. The number of hydrogen-bond donors (Lipinski definition) is 4. The lowest BCUT2D eigenvalue weighted by atomic mass is 9.80. The number of amidine groups is 1. The highest BCUT2D eigenvalue weighted by Crippen LogP contribution is 2.37. The number of carbonyl (C=O) groups is 1. The Kier molecular flexibility index (Phi) is 8.51. The standard InChI is InChI=1S/C30H41N9O2/c1-5-20-12-14-21(15-13-20)17-39-24-26(33-18(2)22-9-8-10-22)35-28(25(31)34-30(40)41)36-27(24)37-29(39)38(4)19(3)23-11-6-7-16-32-23/h5-7,11,16,18-22H,1,8-10,12-15,17H2,2-4H3,(H2,31,34)(H,40,41)(H,33,35,36)/t18-,19?,20-,21-/m1/s1. The summed E-state index contributed by atoms with van der Waals surface area (Å²) in [6, 6.07) is 6.00. The zero-order chi connectivity index (χ0) is 29.1. The molecule has 3 aromatic heterocycles. The van der Waals surface area contributed by atoms with Gasteiger partial charge in [0.05, 0.1) is 11.7 Å². The van der Waals surface area contributed by atoms with Crippen molar-refractivity contribution in [2.75, 3.05) is 17.3 Å². The molecule has 0 aliphatic heterocycles. The van der Waals surface area contributed by atoms with Gasteiger partial charge in [0.2, 0.25) is 5.95 Å². The maximum absolute atomic E-state index is 11.3. The molecule has 0 radical (unpaired) electrons. The number of imidazole rings is 1. The SMILES string of the molecule is C=C[C@H]1CC[C@H](Cn2c(N(C)C(C)c3ccccn3)nc3nc(C(=N)NC(=O)O)nc(N[C@H](C)C4CCC4)c32)CC1. The Morgan fingerprint density at radius 2 is 1.95 bits per heavy atom. The number of rotatable bonds is 10. The topological polar surface area (TPSA) is 145 Å². The van der Waals surface area contributed by atoms with Gasteiger partial charge in [-0.25, -0.2) is 14.8 Å². The first-order valence-electron chi connectivity index (χ1n) is 14.6. The lowest BCUT2D eigenvalue weighted by Crippen LogP contribution is -2.33. The second kappa shape index (κ2) is 12.2. The van der Waals surface area contributed by atoms with Gasteiger partial charge in [-0.1, -0.05) is 18.6 Å². The predicted octanol–water partition coefficient (Wildman–Crippen LogP) is 5.60. The quantitative estimate of drug-likeness (QED) is 0.143. The van der Waals surface area contributed by atoms with Gasteiger partial charge >= 0.3 is 6.09 Å². The Hall–Kier alpha value is -4.02. The summed E-state index contributed by atoms with van der Waals surface area (Å²) in [5, 5.41) is 23.3. The van der Waals surface area contributed by atoms with Crippen molar-refractivity contribution in [2.24, 2.45) is 17.8 Å². The van der Waals surface area contributed by atoms with E-state index in [1.54, 1.807) is 6.20 Å². The fraction of sp³-hybridized carbons (Fsp3) is 0.533. The van der Waals surface area contributed by atoms with E-state index in [0.29, 0.717) is 29.2 Å². The number of aromatic nitrogens is 5. The molecule has 11 heteroatoms. The molecule has 3 heterocycles. The Morgan fingerprint density at radius 1 is 1.20 bits per heavy atom. The number of allylic oxidation sites excluding steroid dienone is 1. The second-order valence-electron chi connectivity index (χ2n) is 11.6. The van der Waals surface area contributed by atoms with Gasteiger partial charge in [0, 0.05) is 25.8 Å². The van der Waals surface area contributed by atoms with Gasteiger partial charge in [0.1, 0.15) is 5.52 Å². The number of amides is 1. The van der Waals surface area contributed by atoms with Gasteiger partial charge < -0.3 is 19.9 Å². The van der Waals surface area contributed by atoms with E-state index in [1.807, 2.05) is 25.2 Å². The minimum atomic E-state index is -1.33. The van der Waals surface area contributed by atoms with Crippen LogP contribution in [-0.4, -0.2) is 54.6 Å². The molecule has 2 fully saturated rings. The second-order valence-corrected chi connectivity index (χ2v) is 11.6. The van der Waals surface area contributed by atoms with Gasteiger partial charge in [0.15, 0.2) is 23.1 Å². The largest absolute Gasteiger partial charge is 0.465 e. The molecule has 4 N–H and O–H groups in total. The fourth-order valence-corrected chi connectivity index (χ4v) is 5.97. The van der Waals surface area contributed by atoms with Crippen molar-refractivity contribution >= 4 is 34.9 Å². The highest BCUT2D eigenvalue weighted by Gasteiger charge is 2.30. The molecule has 5 rings (SSSR count). The van der Waals surface area contributed by atoms with Crippen molar-refractivity contribution in [1.29, 1.82) is 5.41 Å². The summed E-state index contributed by atoms with van der Waals surface area (Å²) < 4.78 is 2.22. The maximum Gasteiger partial charge on any atom is 0.410 e. The fourth-order valence-electron chi connectivity index (χ4n) is 5.97. The number of nitrogens with zero attached hydrogens (tertiary/aromatic N) is 6. The van der Waals surface area contributed by atoms with Gasteiger partial charge in [0.25, 0.3) is 0 Å². The Morgan fingerprint density at radius 3 is 2.56 bits per heavy atom. The molecule has 3 aromatic rings. The molecule has 2 aliphatic rings. The number of nitrogens with one attached hydrogen (secondary N) is 3. The normalized spacial score (nSPS) is 20.6. The molecule has 11 nitrogen and oxygen atoms in total. The van der Waals surface area contributed by atoms with Gasteiger partial charge in [-0.05, 0) is 82.3 Å². The lowest BCUT2D eigenvalue weighted by Gasteiger charge is -2.33. The van der Waals surface area contributed by atoms with Crippen LogP contribution in [0.1, 0.15) is 76.4 Å². The van der Waals surface area contributed by atoms with E-state index >= 15 is 0 Å². The third-order valence-electron chi connectivity index (χ3n) is 8.94. The van der Waals surface area contributed by atoms with E-state index in [0.717, 1.165) is 62.2 Å². The summed E-state index contributed by atoms with van der Waals surface area (Å²) in [6.45, 7) is 9.02. The number of hydrogen-bond acceptors (Lipinski definition) is 8. The van der Waals surface area contributed by atoms with Crippen LogP contribution >= 0.6 is 0 Å². The van der Waals surface area contributed by atoms with Crippen LogP contribution in [0.15, 0.2) is 37.1 Å². The van der Waals surface area contributed by atoms with Crippen LogP contribution in [0.5, 0.6) is 0 Å². The summed E-state index contributed by atoms with van der Waals surface area (Å²) in [5.74, 6) is 2.50. The third kappa shape index (κ3) is 6.18. The minimum absolute atomic E-state index is 0.00803. The van der Waals surface area contributed by atoms with Crippen molar-refractivity contribution in [1.82, 2.24) is 29.8 Å². The Balaban J connectivity index is 1.61. The van der Waals surface area contributed by atoms with Crippen LogP contribution in [0, 0.1) is 23.2 Å². The van der Waals surface area contributed by atoms with Crippen LogP contribution in [-0.2, 0) is 6.54 Å². The van der Waals surface area contributed by atoms with Crippen LogP contribution in [0.25, 0.3) is 11.2 Å². The summed E-state index contributed by atoms with van der Waals surface area (Å²) in [4.78, 5) is 32.3. The molecule has 0 bridgehead atoms. The number of anilines is 2. The van der Waals surface area contributed by atoms with Gasteiger partial charge in [-0.15, -0.1) is 6.58 Å². The van der Waals surface area contributed by atoms with E-state index in [4.69, 9.17) is 15.4 Å². The number of fused-ring (bicyclic) bond motifs is 1. The summed E-state index contributed by atoms with van der Waals surface area (Å²) in [7, 11) is 2.01. The van der Waals surface area contributed by atoms with Crippen LogP contribution < -0.4 is 15.5 Å². The molecule has 2 atom stereocenters. The Bertz CT molecular complexity index is 1390. The van der Waals surface area contributed by atoms with Crippen molar-refractivity contribution < 1.29 is 9.90 Å². The van der Waals surface area contributed by atoms with Crippen LogP contribution in [0.3, 0.4) is 0 Å². The smallest absolute Gasteiger partial charge is 0.410 e. The first-order chi connectivity index (χ1) is 19.7. The monoisotopic (exact) mass is 559 g/mol. The van der Waals surface area contributed by atoms with Crippen molar-refractivity contribution in [3.05, 3.63) is 48.6 Å². The van der Waals surface area contributed by atoms with Crippen molar-refractivity contribution in [3.8, 4) is 0 Å². The lowest BCUT2D eigenvalue weighted by molar-refractivity contribution is 0.200. The minimum Gasteiger partial charge on any atom is -0.465 e.